The molecule has 3 aromatic heterocycles. The molecule has 0 radical (unpaired) electrons. The highest BCUT2D eigenvalue weighted by Gasteiger charge is 2.56. The Hall–Kier alpha value is -2.88. The average molecular weight is 400 g/mol. The number of hydrogen-bond acceptors (Lipinski definition) is 7. The molecule has 2 aliphatic heterocycles. The average Bonchev–Trinajstić information content (AvgIpc) is 3.03. The molecule has 0 bridgehead atoms. The number of fused-ring (bicyclic) bond motifs is 2. The second-order valence-corrected chi connectivity index (χ2v) is 7.84. The monoisotopic (exact) mass is 400 g/mol. The standard InChI is InChI=1S/C19H18F2N6O2/c20-17-15(1-2-22-18(17)21)29-9-13-11-5-26(6-12(11)13)16-4-23-14-3-24-27(19(14)25-16)10-7-28-8-10/h1-4,10-13H,5-9H2. The van der Waals surface area contributed by atoms with Crippen LogP contribution in [0, 0.1) is 29.5 Å². The predicted molar refractivity (Wildman–Crippen MR) is 97.5 cm³/mol. The number of aromatic nitrogens is 5. The van der Waals surface area contributed by atoms with Crippen LogP contribution in [0.4, 0.5) is 14.6 Å². The third kappa shape index (κ3) is 2.73. The largest absolute Gasteiger partial charge is 0.490 e. The van der Waals surface area contributed by atoms with Crippen LogP contribution in [0.2, 0.25) is 0 Å². The fourth-order valence-electron chi connectivity index (χ4n) is 4.38. The maximum atomic E-state index is 13.7. The molecule has 3 aliphatic rings. The van der Waals surface area contributed by atoms with Gasteiger partial charge in [-0.1, -0.05) is 0 Å². The van der Waals surface area contributed by atoms with E-state index in [4.69, 9.17) is 14.5 Å². The molecule has 2 atom stereocenters. The van der Waals surface area contributed by atoms with Crippen LogP contribution in [0.15, 0.2) is 24.7 Å². The third-order valence-electron chi connectivity index (χ3n) is 6.19. The zero-order valence-electron chi connectivity index (χ0n) is 15.4. The summed E-state index contributed by atoms with van der Waals surface area (Å²) in [6.45, 7) is 3.39. The molecule has 2 saturated heterocycles. The lowest BCUT2D eigenvalue weighted by atomic mass is 10.2. The van der Waals surface area contributed by atoms with Gasteiger partial charge in [-0.05, 0) is 11.8 Å². The van der Waals surface area contributed by atoms with Crippen molar-refractivity contribution >= 4 is 17.0 Å². The molecule has 1 aliphatic carbocycles. The van der Waals surface area contributed by atoms with Gasteiger partial charge in [-0.2, -0.15) is 13.9 Å². The van der Waals surface area contributed by atoms with Gasteiger partial charge in [0, 0.05) is 31.3 Å². The molecule has 1 saturated carbocycles. The topological polar surface area (TPSA) is 78.2 Å². The van der Waals surface area contributed by atoms with E-state index in [2.05, 4.69) is 20.0 Å². The normalized spacial score (nSPS) is 25.9. The van der Waals surface area contributed by atoms with Gasteiger partial charge in [-0.15, -0.1) is 0 Å². The van der Waals surface area contributed by atoms with E-state index in [1.807, 2.05) is 4.68 Å². The molecule has 10 heteroatoms. The Balaban J connectivity index is 1.12. The number of pyridine rings is 1. The number of nitrogens with zero attached hydrogens (tertiary/aromatic N) is 6. The highest BCUT2D eigenvalue weighted by Crippen LogP contribution is 2.52. The van der Waals surface area contributed by atoms with Crippen LogP contribution in [-0.2, 0) is 4.74 Å². The summed E-state index contributed by atoms with van der Waals surface area (Å²) in [5.41, 5.74) is 1.56. The molecule has 0 aromatic carbocycles. The summed E-state index contributed by atoms with van der Waals surface area (Å²) in [6.07, 6.45) is 4.73. The zero-order valence-corrected chi connectivity index (χ0v) is 15.4. The van der Waals surface area contributed by atoms with Gasteiger partial charge in [-0.3, -0.25) is 0 Å². The first-order chi connectivity index (χ1) is 14.2. The molecule has 3 aromatic rings. The van der Waals surface area contributed by atoms with Gasteiger partial charge >= 0.3 is 0 Å². The van der Waals surface area contributed by atoms with E-state index >= 15 is 0 Å². The van der Waals surface area contributed by atoms with Crippen LogP contribution in [-0.4, -0.2) is 57.6 Å². The van der Waals surface area contributed by atoms with Crippen molar-refractivity contribution in [2.45, 2.75) is 6.04 Å². The molecule has 8 nitrogen and oxygen atoms in total. The first kappa shape index (κ1) is 17.0. The number of rotatable bonds is 5. The number of ether oxygens (including phenoxy) is 2. The molecule has 0 amide bonds. The Labute approximate surface area is 164 Å². The third-order valence-corrected chi connectivity index (χ3v) is 6.19. The van der Waals surface area contributed by atoms with Gasteiger partial charge in [0.1, 0.15) is 17.4 Å². The Bertz CT molecular complexity index is 1080. The lowest BCUT2D eigenvalue weighted by Gasteiger charge is -2.26. The molecule has 6 rings (SSSR count). The van der Waals surface area contributed by atoms with E-state index in [1.54, 1.807) is 12.4 Å². The molecule has 0 N–H and O–H groups in total. The second kappa shape index (κ2) is 6.31. The number of piperidine rings is 1. The smallest absolute Gasteiger partial charge is 0.252 e. The molecule has 0 spiro atoms. The molecular formula is C19H18F2N6O2. The van der Waals surface area contributed by atoms with Gasteiger partial charge in [-0.25, -0.2) is 19.6 Å². The molecule has 3 fully saturated rings. The van der Waals surface area contributed by atoms with E-state index in [9.17, 15) is 8.78 Å². The maximum absolute atomic E-state index is 13.7. The van der Waals surface area contributed by atoms with E-state index in [1.165, 1.54) is 12.3 Å². The Morgan fingerprint density at radius 1 is 1.14 bits per heavy atom. The minimum Gasteiger partial charge on any atom is -0.490 e. The Morgan fingerprint density at radius 3 is 2.72 bits per heavy atom. The van der Waals surface area contributed by atoms with Crippen LogP contribution in [0.1, 0.15) is 6.04 Å². The number of hydrogen-bond donors (Lipinski definition) is 0. The second-order valence-electron chi connectivity index (χ2n) is 7.84. The Morgan fingerprint density at radius 2 is 1.97 bits per heavy atom. The van der Waals surface area contributed by atoms with Gasteiger partial charge < -0.3 is 14.4 Å². The molecule has 2 unspecified atom stereocenters. The van der Waals surface area contributed by atoms with Crippen LogP contribution in [0.5, 0.6) is 5.75 Å². The summed E-state index contributed by atoms with van der Waals surface area (Å²) in [7, 11) is 0. The van der Waals surface area contributed by atoms with Crippen LogP contribution in [0.25, 0.3) is 11.2 Å². The molecule has 150 valence electrons. The zero-order chi connectivity index (χ0) is 19.5. The SMILES string of the molecule is Fc1nccc(OCC2C3CN(c4cnc5cnn(C6COC6)c5n4)CC23)c1F. The van der Waals surface area contributed by atoms with Gasteiger partial charge in [0.05, 0.1) is 32.2 Å². The quantitative estimate of drug-likeness (QED) is 0.605. The predicted octanol–water partition coefficient (Wildman–Crippen LogP) is 1.83. The summed E-state index contributed by atoms with van der Waals surface area (Å²) in [4.78, 5) is 14.8. The van der Waals surface area contributed by atoms with Crippen LogP contribution < -0.4 is 9.64 Å². The lowest BCUT2D eigenvalue weighted by Crippen LogP contribution is -2.31. The molecular weight excluding hydrogens is 382 g/mol. The van der Waals surface area contributed by atoms with Crippen molar-refractivity contribution in [3.8, 4) is 5.75 Å². The first-order valence-corrected chi connectivity index (χ1v) is 9.65. The fraction of sp³-hybridized carbons (Fsp3) is 0.474. The van der Waals surface area contributed by atoms with E-state index in [0.29, 0.717) is 37.6 Å². The summed E-state index contributed by atoms with van der Waals surface area (Å²) >= 11 is 0. The van der Waals surface area contributed by atoms with Crippen molar-refractivity contribution in [3.63, 3.8) is 0 Å². The van der Waals surface area contributed by atoms with Crippen molar-refractivity contribution < 1.29 is 18.3 Å². The van der Waals surface area contributed by atoms with Crippen molar-refractivity contribution in [3.05, 3.63) is 36.4 Å². The van der Waals surface area contributed by atoms with Gasteiger partial charge in [0.15, 0.2) is 11.4 Å². The Kier molecular flexibility index (Phi) is 3.70. The molecule has 29 heavy (non-hydrogen) atoms. The first-order valence-electron chi connectivity index (χ1n) is 9.65. The molecule has 5 heterocycles. The van der Waals surface area contributed by atoms with E-state index in [-0.39, 0.29) is 11.8 Å². The van der Waals surface area contributed by atoms with Crippen molar-refractivity contribution in [1.29, 1.82) is 0 Å². The number of halogens is 2. The van der Waals surface area contributed by atoms with Gasteiger partial charge in [0.25, 0.3) is 5.95 Å². The van der Waals surface area contributed by atoms with Crippen molar-refractivity contribution in [2.75, 3.05) is 37.8 Å². The van der Waals surface area contributed by atoms with Gasteiger partial charge in [0.2, 0.25) is 5.82 Å². The summed E-state index contributed by atoms with van der Waals surface area (Å²) < 4.78 is 39.5. The van der Waals surface area contributed by atoms with Crippen molar-refractivity contribution in [2.24, 2.45) is 17.8 Å². The van der Waals surface area contributed by atoms with Crippen LogP contribution in [0.3, 0.4) is 0 Å². The highest BCUT2D eigenvalue weighted by atomic mass is 19.2. The van der Waals surface area contributed by atoms with E-state index < -0.39 is 11.8 Å². The maximum Gasteiger partial charge on any atom is 0.252 e. The minimum absolute atomic E-state index is 0.0797. The number of anilines is 1. The fourth-order valence-corrected chi connectivity index (χ4v) is 4.38. The summed E-state index contributed by atoms with van der Waals surface area (Å²) in [5, 5.41) is 4.40. The summed E-state index contributed by atoms with van der Waals surface area (Å²) in [5.74, 6) is -0.128. The van der Waals surface area contributed by atoms with Crippen LogP contribution >= 0.6 is 0 Å². The minimum atomic E-state index is -1.13. The summed E-state index contributed by atoms with van der Waals surface area (Å²) in [6, 6.07) is 1.58. The van der Waals surface area contributed by atoms with Crippen molar-refractivity contribution in [1.82, 2.24) is 24.7 Å². The lowest BCUT2D eigenvalue weighted by molar-refractivity contribution is -0.0269. The van der Waals surface area contributed by atoms with E-state index in [0.717, 1.165) is 30.1 Å². The highest BCUT2D eigenvalue weighted by molar-refractivity contribution is 5.71.